The fraction of sp³-hybridized carbons (Fsp3) is 0.235. The molecular formula is C17H19NO2. The predicted octanol–water partition coefficient (Wildman–Crippen LogP) is 2.95. The smallest absolute Gasteiger partial charge is 0.325 e. The number of rotatable bonds is 6. The lowest BCUT2D eigenvalue weighted by Crippen LogP contribution is -2.30. The Bertz CT molecular complexity index is 566. The topological polar surface area (TPSA) is 49.3 Å². The van der Waals surface area contributed by atoms with E-state index in [-0.39, 0.29) is 0 Å². The van der Waals surface area contributed by atoms with Crippen LogP contribution >= 0.6 is 0 Å². The van der Waals surface area contributed by atoms with Crippen LogP contribution in [0.25, 0.3) is 0 Å². The van der Waals surface area contributed by atoms with Crippen LogP contribution in [0, 0.1) is 6.92 Å². The van der Waals surface area contributed by atoms with E-state index in [2.05, 4.69) is 5.32 Å². The van der Waals surface area contributed by atoms with E-state index >= 15 is 0 Å². The first kappa shape index (κ1) is 14.3. The minimum atomic E-state index is -0.844. The summed E-state index contributed by atoms with van der Waals surface area (Å²) in [5, 5.41) is 12.5. The Hall–Kier alpha value is -2.13. The van der Waals surface area contributed by atoms with Crippen molar-refractivity contribution >= 4 is 5.97 Å². The zero-order chi connectivity index (χ0) is 14.4. The highest BCUT2D eigenvalue weighted by Gasteiger charge is 2.18. The molecule has 1 unspecified atom stereocenters. The normalized spacial score (nSPS) is 12.1. The van der Waals surface area contributed by atoms with Crippen molar-refractivity contribution in [2.75, 3.05) is 6.54 Å². The highest BCUT2D eigenvalue weighted by Crippen LogP contribution is 2.15. The summed E-state index contributed by atoms with van der Waals surface area (Å²) in [7, 11) is 0. The summed E-state index contributed by atoms with van der Waals surface area (Å²) < 4.78 is 0. The van der Waals surface area contributed by atoms with Gasteiger partial charge in [-0.25, -0.2) is 0 Å². The van der Waals surface area contributed by atoms with Crippen molar-refractivity contribution < 1.29 is 9.90 Å². The molecule has 104 valence electrons. The van der Waals surface area contributed by atoms with E-state index in [4.69, 9.17) is 0 Å². The fourth-order valence-electron chi connectivity index (χ4n) is 2.20. The molecule has 2 N–H and O–H groups in total. The van der Waals surface area contributed by atoms with Crippen LogP contribution in [0.1, 0.15) is 22.7 Å². The molecule has 3 heteroatoms. The third kappa shape index (κ3) is 3.93. The predicted molar refractivity (Wildman–Crippen MR) is 79.7 cm³/mol. The van der Waals surface area contributed by atoms with Gasteiger partial charge in [0.15, 0.2) is 0 Å². The Labute approximate surface area is 119 Å². The largest absolute Gasteiger partial charge is 0.480 e. The van der Waals surface area contributed by atoms with Gasteiger partial charge in [-0.05, 0) is 24.5 Å². The number of carboxylic acids is 1. The number of hydrogen-bond acceptors (Lipinski definition) is 2. The second-order valence-corrected chi connectivity index (χ2v) is 4.88. The van der Waals surface area contributed by atoms with E-state index in [0.29, 0.717) is 6.54 Å². The van der Waals surface area contributed by atoms with Gasteiger partial charge >= 0.3 is 5.97 Å². The van der Waals surface area contributed by atoms with Gasteiger partial charge < -0.3 is 10.4 Å². The summed E-state index contributed by atoms with van der Waals surface area (Å²) in [5.74, 6) is -0.844. The summed E-state index contributed by atoms with van der Waals surface area (Å²) >= 11 is 0. The molecular weight excluding hydrogens is 250 g/mol. The van der Waals surface area contributed by atoms with Crippen LogP contribution in [0.3, 0.4) is 0 Å². The van der Waals surface area contributed by atoms with Gasteiger partial charge in [0.05, 0.1) is 0 Å². The molecule has 0 aromatic heterocycles. The van der Waals surface area contributed by atoms with E-state index in [9.17, 15) is 9.90 Å². The molecule has 2 rings (SSSR count). The van der Waals surface area contributed by atoms with Crippen LogP contribution in [0.5, 0.6) is 0 Å². The van der Waals surface area contributed by atoms with Gasteiger partial charge in [0.1, 0.15) is 6.04 Å². The Morgan fingerprint density at radius 2 is 1.90 bits per heavy atom. The van der Waals surface area contributed by atoms with Crippen molar-refractivity contribution in [3.8, 4) is 0 Å². The maximum absolute atomic E-state index is 11.4. The first-order valence-electron chi connectivity index (χ1n) is 6.73. The minimum absolute atomic E-state index is 0.634. The second-order valence-electron chi connectivity index (χ2n) is 4.88. The van der Waals surface area contributed by atoms with E-state index in [1.807, 2.05) is 61.5 Å². The lowest BCUT2D eigenvalue weighted by atomic mass is 10.0. The number of nitrogens with one attached hydrogen (secondary N) is 1. The van der Waals surface area contributed by atoms with Gasteiger partial charge in [-0.1, -0.05) is 60.2 Å². The lowest BCUT2D eigenvalue weighted by Gasteiger charge is -2.15. The standard InChI is InChI=1S/C17H19NO2/c1-13-6-5-9-15(12-13)16(17(19)20)18-11-10-14-7-3-2-4-8-14/h2-9,12,16,18H,10-11H2,1H3,(H,19,20). The van der Waals surface area contributed by atoms with E-state index in [1.165, 1.54) is 5.56 Å². The van der Waals surface area contributed by atoms with Crippen molar-refractivity contribution in [3.05, 3.63) is 71.3 Å². The zero-order valence-corrected chi connectivity index (χ0v) is 11.5. The molecule has 0 spiro atoms. The number of aryl methyl sites for hydroxylation is 1. The molecule has 20 heavy (non-hydrogen) atoms. The van der Waals surface area contributed by atoms with Crippen LogP contribution in [-0.2, 0) is 11.2 Å². The van der Waals surface area contributed by atoms with Crippen LogP contribution in [0.15, 0.2) is 54.6 Å². The van der Waals surface area contributed by atoms with Crippen molar-refractivity contribution in [1.82, 2.24) is 5.32 Å². The molecule has 0 saturated heterocycles. The van der Waals surface area contributed by atoms with Crippen molar-refractivity contribution in [1.29, 1.82) is 0 Å². The molecule has 1 atom stereocenters. The molecule has 0 radical (unpaired) electrons. The molecule has 2 aromatic rings. The highest BCUT2D eigenvalue weighted by atomic mass is 16.4. The van der Waals surface area contributed by atoms with Crippen molar-refractivity contribution in [2.45, 2.75) is 19.4 Å². The first-order chi connectivity index (χ1) is 9.66. The van der Waals surface area contributed by atoms with Crippen LogP contribution in [0.2, 0.25) is 0 Å². The second kappa shape index (κ2) is 6.87. The number of carboxylic acid groups (broad SMARTS) is 1. The summed E-state index contributed by atoms with van der Waals surface area (Å²) in [6.07, 6.45) is 0.816. The Kier molecular flexibility index (Phi) is 4.91. The van der Waals surface area contributed by atoms with Crippen molar-refractivity contribution in [3.63, 3.8) is 0 Å². The summed E-state index contributed by atoms with van der Waals surface area (Å²) in [6, 6.07) is 17.0. The molecule has 2 aromatic carbocycles. The SMILES string of the molecule is Cc1cccc(C(NCCc2ccccc2)C(=O)O)c1. The van der Waals surface area contributed by atoms with Gasteiger partial charge in [0.25, 0.3) is 0 Å². The maximum Gasteiger partial charge on any atom is 0.325 e. The summed E-state index contributed by atoms with van der Waals surface area (Å²) in [4.78, 5) is 11.4. The number of benzene rings is 2. The van der Waals surface area contributed by atoms with E-state index < -0.39 is 12.0 Å². The number of carbonyl (C=O) groups is 1. The molecule has 0 bridgehead atoms. The molecule has 0 aliphatic heterocycles. The van der Waals surface area contributed by atoms with Gasteiger partial charge in [-0.3, -0.25) is 4.79 Å². The summed E-state index contributed by atoms with van der Waals surface area (Å²) in [5.41, 5.74) is 3.07. The number of aliphatic carboxylic acids is 1. The number of hydrogen-bond donors (Lipinski definition) is 2. The quantitative estimate of drug-likeness (QED) is 0.847. The molecule has 0 aliphatic carbocycles. The van der Waals surface area contributed by atoms with E-state index in [0.717, 1.165) is 17.5 Å². The van der Waals surface area contributed by atoms with Gasteiger partial charge in [-0.2, -0.15) is 0 Å². The van der Waals surface area contributed by atoms with Gasteiger partial charge in [0, 0.05) is 6.54 Å². The minimum Gasteiger partial charge on any atom is -0.480 e. The Morgan fingerprint density at radius 3 is 2.55 bits per heavy atom. The molecule has 0 fully saturated rings. The monoisotopic (exact) mass is 269 g/mol. The van der Waals surface area contributed by atoms with Crippen LogP contribution in [-0.4, -0.2) is 17.6 Å². The van der Waals surface area contributed by atoms with Gasteiger partial charge in [0.2, 0.25) is 0 Å². The third-order valence-electron chi connectivity index (χ3n) is 3.23. The van der Waals surface area contributed by atoms with Crippen molar-refractivity contribution in [2.24, 2.45) is 0 Å². The maximum atomic E-state index is 11.4. The molecule has 0 aliphatic rings. The van der Waals surface area contributed by atoms with Gasteiger partial charge in [-0.15, -0.1) is 0 Å². The summed E-state index contributed by atoms with van der Waals surface area (Å²) in [6.45, 7) is 2.60. The average molecular weight is 269 g/mol. The Balaban J connectivity index is 1.98. The molecule has 3 nitrogen and oxygen atoms in total. The Morgan fingerprint density at radius 1 is 1.15 bits per heavy atom. The molecule has 0 amide bonds. The third-order valence-corrected chi connectivity index (χ3v) is 3.23. The highest BCUT2D eigenvalue weighted by molar-refractivity contribution is 5.75. The first-order valence-corrected chi connectivity index (χ1v) is 6.73. The fourth-order valence-corrected chi connectivity index (χ4v) is 2.20. The van der Waals surface area contributed by atoms with E-state index in [1.54, 1.807) is 0 Å². The average Bonchev–Trinajstić information content (AvgIpc) is 2.44. The lowest BCUT2D eigenvalue weighted by molar-refractivity contribution is -0.139. The zero-order valence-electron chi connectivity index (χ0n) is 11.5. The molecule has 0 saturated carbocycles. The van der Waals surface area contributed by atoms with Crippen LogP contribution < -0.4 is 5.32 Å². The van der Waals surface area contributed by atoms with Crippen LogP contribution in [0.4, 0.5) is 0 Å². The molecule has 0 heterocycles.